The molecule has 5 nitrogen and oxygen atoms in total. The third kappa shape index (κ3) is 4.04. The van der Waals surface area contributed by atoms with E-state index in [9.17, 15) is 9.59 Å². The van der Waals surface area contributed by atoms with E-state index in [0.717, 1.165) is 22.0 Å². The Morgan fingerprint density at radius 2 is 1.66 bits per heavy atom. The molecule has 0 aliphatic heterocycles. The first-order chi connectivity index (χ1) is 14.1. The average molecular weight is 384 g/mol. The van der Waals surface area contributed by atoms with E-state index in [1.165, 1.54) is 0 Å². The Morgan fingerprint density at radius 3 is 2.38 bits per heavy atom. The van der Waals surface area contributed by atoms with Gasteiger partial charge in [-0.25, -0.2) is 0 Å². The molecule has 1 amide bonds. The highest BCUT2D eigenvalue weighted by Crippen LogP contribution is 2.20. The van der Waals surface area contributed by atoms with Gasteiger partial charge in [-0.05, 0) is 47.5 Å². The molecule has 0 atom stereocenters. The minimum atomic E-state index is -0.227. The first-order valence-electron chi connectivity index (χ1n) is 9.28. The molecule has 0 saturated carbocycles. The van der Waals surface area contributed by atoms with Crippen molar-refractivity contribution in [3.63, 3.8) is 0 Å². The minimum absolute atomic E-state index is 0.141. The number of aromatic amines is 1. The lowest BCUT2D eigenvalue weighted by Crippen LogP contribution is -2.26. The van der Waals surface area contributed by atoms with Crippen molar-refractivity contribution in [3.8, 4) is 16.9 Å². The predicted molar refractivity (Wildman–Crippen MR) is 114 cm³/mol. The van der Waals surface area contributed by atoms with Crippen LogP contribution in [0.4, 0.5) is 0 Å². The summed E-state index contributed by atoms with van der Waals surface area (Å²) in [5.74, 6) is 0.479. The molecule has 1 heterocycles. The highest BCUT2D eigenvalue weighted by molar-refractivity contribution is 5.94. The molecule has 0 aliphatic carbocycles. The Morgan fingerprint density at radius 1 is 0.931 bits per heavy atom. The number of aromatic nitrogens is 1. The van der Waals surface area contributed by atoms with Crippen molar-refractivity contribution >= 4 is 16.8 Å². The van der Waals surface area contributed by atoms with Crippen LogP contribution in [-0.4, -0.2) is 18.0 Å². The molecule has 29 heavy (non-hydrogen) atoms. The first kappa shape index (κ1) is 18.5. The molecule has 0 aliphatic rings. The summed E-state index contributed by atoms with van der Waals surface area (Å²) in [5, 5.41) is 3.67. The molecule has 0 unspecified atom stereocenters. The van der Waals surface area contributed by atoms with Crippen LogP contribution >= 0.6 is 0 Å². The lowest BCUT2D eigenvalue weighted by molar-refractivity contribution is 0.0951. The normalized spacial score (nSPS) is 10.7. The van der Waals surface area contributed by atoms with Crippen molar-refractivity contribution in [2.75, 3.05) is 7.11 Å². The predicted octanol–water partition coefficient (Wildman–Crippen LogP) is 4.13. The van der Waals surface area contributed by atoms with E-state index in [4.69, 9.17) is 4.74 Å². The Hall–Kier alpha value is -3.86. The van der Waals surface area contributed by atoms with Crippen molar-refractivity contribution in [2.45, 2.75) is 6.54 Å². The molecule has 5 heteroatoms. The van der Waals surface area contributed by atoms with Crippen LogP contribution < -0.4 is 15.6 Å². The molecule has 2 N–H and O–H groups in total. The van der Waals surface area contributed by atoms with Gasteiger partial charge in [0.15, 0.2) is 0 Å². The number of carbonyl (C=O) groups excluding carboxylic acids is 1. The monoisotopic (exact) mass is 384 g/mol. The molecular formula is C24H20N2O3. The number of amides is 1. The Labute approximate surface area is 168 Å². The zero-order chi connectivity index (χ0) is 20.2. The number of nitrogens with one attached hydrogen (secondary N) is 2. The zero-order valence-corrected chi connectivity index (χ0v) is 15.9. The molecule has 0 saturated heterocycles. The Bertz CT molecular complexity index is 1210. The van der Waals surface area contributed by atoms with Gasteiger partial charge >= 0.3 is 0 Å². The highest BCUT2D eigenvalue weighted by atomic mass is 16.5. The van der Waals surface area contributed by atoms with Crippen LogP contribution in [0.2, 0.25) is 0 Å². The molecule has 4 aromatic rings. The number of pyridine rings is 1. The summed E-state index contributed by atoms with van der Waals surface area (Å²) in [5.41, 5.74) is 3.67. The van der Waals surface area contributed by atoms with E-state index in [0.29, 0.717) is 16.9 Å². The Kier molecular flexibility index (Phi) is 5.12. The summed E-state index contributed by atoms with van der Waals surface area (Å²) in [6.07, 6.45) is 0. The molecule has 0 radical (unpaired) electrons. The van der Waals surface area contributed by atoms with Crippen LogP contribution in [0.1, 0.15) is 15.9 Å². The number of hydrogen-bond acceptors (Lipinski definition) is 3. The highest BCUT2D eigenvalue weighted by Gasteiger charge is 2.09. The second-order valence-corrected chi connectivity index (χ2v) is 6.70. The maximum Gasteiger partial charge on any atom is 0.253 e. The van der Waals surface area contributed by atoms with Gasteiger partial charge in [-0.2, -0.15) is 0 Å². The molecule has 0 spiro atoms. The quantitative estimate of drug-likeness (QED) is 0.543. The van der Waals surface area contributed by atoms with Crippen LogP contribution in [0.5, 0.6) is 5.75 Å². The fourth-order valence-electron chi connectivity index (χ4n) is 3.21. The lowest BCUT2D eigenvalue weighted by Gasteiger charge is -2.08. The molecule has 0 fully saturated rings. The van der Waals surface area contributed by atoms with Crippen LogP contribution in [0.3, 0.4) is 0 Å². The summed E-state index contributed by atoms with van der Waals surface area (Å²) in [6, 6.07) is 24.6. The summed E-state index contributed by atoms with van der Waals surface area (Å²) >= 11 is 0. The fourth-order valence-corrected chi connectivity index (χ4v) is 3.21. The van der Waals surface area contributed by atoms with Crippen molar-refractivity contribution in [1.82, 2.24) is 10.3 Å². The van der Waals surface area contributed by atoms with Gasteiger partial charge in [-0.15, -0.1) is 0 Å². The smallest absolute Gasteiger partial charge is 0.253 e. The van der Waals surface area contributed by atoms with Gasteiger partial charge in [0, 0.05) is 28.6 Å². The summed E-state index contributed by atoms with van der Waals surface area (Å²) in [4.78, 5) is 27.6. The molecule has 1 aromatic heterocycles. The Balaban J connectivity index is 1.49. The largest absolute Gasteiger partial charge is 0.497 e. The summed E-state index contributed by atoms with van der Waals surface area (Å²) in [6.45, 7) is 0.141. The summed E-state index contributed by atoms with van der Waals surface area (Å²) in [7, 11) is 1.59. The maximum absolute atomic E-state index is 12.5. The van der Waals surface area contributed by atoms with E-state index in [1.807, 2.05) is 48.5 Å². The van der Waals surface area contributed by atoms with E-state index in [2.05, 4.69) is 10.3 Å². The van der Waals surface area contributed by atoms with Gasteiger partial charge in [0.25, 0.3) is 11.5 Å². The van der Waals surface area contributed by atoms with Gasteiger partial charge in [0.05, 0.1) is 7.11 Å². The topological polar surface area (TPSA) is 71.2 Å². The zero-order valence-electron chi connectivity index (χ0n) is 15.9. The lowest BCUT2D eigenvalue weighted by atomic mass is 10.0. The number of methoxy groups -OCH3 is 1. The molecule has 0 bridgehead atoms. The number of H-pyrrole nitrogens is 1. The number of rotatable bonds is 5. The van der Waals surface area contributed by atoms with Gasteiger partial charge in [0.1, 0.15) is 5.75 Å². The van der Waals surface area contributed by atoms with E-state index >= 15 is 0 Å². The number of fused-ring (bicyclic) bond motifs is 1. The SMILES string of the molecule is COc1ccc2[nH]c(=O)c(CNC(=O)c3ccc(-c4ccccc4)cc3)cc2c1. The van der Waals surface area contributed by atoms with Gasteiger partial charge < -0.3 is 15.0 Å². The average Bonchev–Trinajstić information content (AvgIpc) is 2.78. The van der Waals surface area contributed by atoms with Gasteiger partial charge in [-0.3, -0.25) is 9.59 Å². The standard InChI is InChI=1S/C24H20N2O3/c1-29-21-11-12-22-19(14-21)13-20(24(28)26-22)15-25-23(27)18-9-7-17(8-10-18)16-5-3-2-4-6-16/h2-14H,15H2,1H3,(H,25,27)(H,26,28). The van der Waals surface area contributed by atoms with Gasteiger partial charge in [0.2, 0.25) is 0 Å². The van der Waals surface area contributed by atoms with E-state index < -0.39 is 0 Å². The molecule has 4 rings (SSSR count). The van der Waals surface area contributed by atoms with Gasteiger partial charge in [-0.1, -0.05) is 42.5 Å². The van der Waals surface area contributed by atoms with Crippen molar-refractivity contribution in [2.24, 2.45) is 0 Å². The molecule has 144 valence electrons. The second-order valence-electron chi connectivity index (χ2n) is 6.70. The van der Waals surface area contributed by atoms with Crippen molar-refractivity contribution in [1.29, 1.82) is 0 Å². The molecule has 3 aromatic carbocycles. The van der Waals surface area contributed by atoms with Crippen LogP contribution in [0.25, 0.3) is 22.0 Å². The second kappa shape index (κ2) is 8.02. The third-order valence-corrected chi connectivity index (χ3v) is 4.82. The first-order valence-corrected chi connectivity index (χ1v) is 9.28. The number of ether oxygens (including phenoxy) is 1. The minimum Gasteiger partial charge on any atom is -0.497 e. The fraction of sp³-hybridized carbons (Fsp3) is 0.0833. The third-order valence-electron chi connectivity index (χ3n) is 4.82. The van der Waals surface area contributed by atoms with Crippen molar-refractivity contribution in [3.05, 3.63) is 100 Å². The maximum atomic E-state index is 12.5. The number of hydrogen-bond donors (Lipinski definition) is 2. The van der Waals surface area contributed by atoms with Crippen LogP contribution in [0.15, 0.2) is 83.7 Å². The van der Waals surface area contributed by atoms with E-state index in [1.54, 1.807) is 37.4 Å². The summed E-state index contributed by atoms with van der Waals surface area (Å²) < 4.78 is 5.23. The van der Waals surface area contributed by atoms with E-state index in [-0.39, 0.29) is 18.0 Å². The number of carbonyl (C=O) groups is 1. The van der Waals surface area contributed by atoms with Crippen molar-refractivity contribution < 1.29 is 9.53 Å². The van der Waals surface area contributed by atoms with Crippen LogP contribution in [-0.2, 0) is 6.54 Å². The van der Waals surface area contributed by atoms with Crippen LogP contribution in [0, 0.1) is 0 Å². The number of benzene rings is 3. The molecular weight excluding hydrogens is 364 g/mol.